The van der Waals surface area contributed by atoms with Crippen LogP contribution < -0.4 is 5.32 Å². The Kier molecular flexibility index (Phi) is 6.22. The van der Waals surface area contributed by atoms with E-state index in [9.17, 15) is 13.9 Å². The van der Waals surface area contributed by atoms with Gasteiger partial charge in [0.25, 0.3) is 5.76 Å². The van der Waals surface area contributed by atoms with E-state index in [0.29, 0.717) is 29.8 Å². The molecule has 0 bridgehead atoms. The zero-order chi connectivity index (χ0) is 15.1. The summed E-state index contributed by atoms with van der Waals surface area (Å²) in [4.78, 5) is 0. The lowest BCUT2D eigenvalue weighted by Gasteiger charge is -2.15. The topological polar surface area (TPSA) is 45.4 Å². The fourth-order valence-corrected chi connectivity index (χ4v) is 2.38. The van der Waals surface area contributed by atoms with Crippen LogP contribution in [0.15, 0.2) is 46.9 Å². The van der Waals surface area contributed by atoms with Gasteiger partial charge in [-0.2, -0.15) is 8.78 Å². The van der Waals surface area contributed by atoms with Crippen molar-refractivity contribution in [1.29, 1.82) is 0 Å². The number of furan rings is 1. The van der Waals surface area contributed by atoms with Crippen molar-refractivity contribution in [3.05, 3.63) is 59.5 Å². The van der Waals surface area contributed by atoms with E-state index in [1.54, 1.807) is 12.1 Å². The van der Waals surface area contributed by atoms with Crippen molar-refractivity contribution in [2.45, 2.75) is 24.1 Å². The summed E-state index contributed by atoms with van der Waals surface area (Å²) in [5.41, 5.74) is 0.986. The van der Waals surface area contributed by atoms with Gasteiger partial charge in [-0.05, 0) is 17.7 Å². The van der Waals surface area contributed by atoms with Crippen molar-refractivity contribution in [1.82, 2.24) is 5.32 Å². The van der Waals surface area contributed by atoms with Gasteiger partial charge < -0.3 is 14.8 Å². The number of halogens is 2. The highest BCUT2D eigenvalue weighted by Crippen LogP contribution is 2.21. The molecule has 0 saturated carbocycles. The van der Waals surface area contributed by atoms with Crippen molar-refractivity contribution >= 4 is 11.8 Å². The summed E-state index contributed by atoms with van der Waals surface area (Å²) in [6, 6.07) is 12.9. The van der Waals surface area contributed by atoms with Crippen LogP contribution in [0.5, 0.6) is 0 Å². The molecule has 0 aliphatic carbocycles. The van der Waals surface area contributed by atoms with Gasteiger partial charge in [0.1, 0.15) is 11.5 Å². The van der Waals surface area contributed by atoms with Crippen LogP contribution in [-0.2, 0) is 12.3 Å². The summed E-state index contributed by atoms with van der Waals surface area (Å²) in [7, 11) is 0. The molecule has 6 heteroatoms. The number of nitrogens with one attached hydrogen (secondary N) is 1. The average Bonchev–Trinajstić information content (AvgIpc) is 2.95. The molecule has 1 aromatic carbocycles. The Balaban J connectivity index is 1.87. The smallest absolute Gasteiger partial charge is 0.284 e. The number of hydrogen-bond donors (Lipinski definition) is 2. The Morgan fingerprint density at radius 2 is 1.81 bits per heavy atom. The van der Waals surface area contributed by atoms with Crippen LogP contribution in [0.4, 0.5) is 8.78 Å². The molecule has 0 radical (unpaired) electrons. The number of aliphatic hydroxyl groups excluding tert-OH is 1. The van der Waals surface area contributed by atoms with E-state index in [2.05, 4.69) is 5.32 Å². The van der Waals surface area contributed by atoms with Crippen LogP contribution in [0, 0.1) is 0 Å². The molecular weight excluding hydrogens is 296 g/mol. The first kappa shape index (κ1) is 16.0. The zero-order valence-electron chi connectivity index (χ0n) is 11.3. The highest BCUT2D eigenvalue weighted by Gasteiger charge is 2.11. The molecule has 2 rings (SSSR count). The summed E-state index contributed by atoms with van der Waals surface area (Å²) in [6.07, 6.45) is 0. The van der Waals surface area contributed by atoms with Gasteiger partial charge in [0, 0.05) is 0 Å². The number of alkyl halides is 2. The van der Waals surface area contributed by atoms with E-state index >= 15 is 0 Å². The van der Waals surface area contributed by atoms with E-state index in [0.717, 1.165) is 5.56 Å². The van der Waals surface area contributed by atoms with Crippen LogP contribution in [0.1, 0.15) is 23.1 Å². The van der Waals surface area contributed by atoms with Crippen LogP contribution in [-0.4, -0.2) is 17.5 Å². The average molecular weight is 313 g/mol. The van der Waals surface area contributed by atoms with Crippen molar-refractivity contribution < 1.29 is 18.3 Å². The highest BCUT2D eigenvalue weighted by atomic mass is 32.2. The van der Waals surface area contributed by atoms with Gasteiger partial charge >= 0.3 is 0 Å². The van der Waals surface area contributed by atoms with Gasteiger partial charge in [0.05, 0.1) is 24.9 Å². The van der Waals surface area contributed by atoms with Gasteiger partial charge in [-0.25, -0.2) is 0 Å². The zero-order valence-corrected chi connectivity index (χ0v) is 12.2. The molecule has 0 aliphatic rings. The molecule has 1 atom stereocenters. The molecular formula is C15H17F2NO2S. The summed E-state index contributed by atoms with van der Waals surface area (Å²) >= 11 is 0.536. The third-order valence-electron chi connectivity index (χ3n) is 2.98. The number of thioether (sulfide) groups is 1. The fourth-order valence-electron chi connectivity index (χ4n) is 1.94. The molecule has 21 heavy (non-hydrogen) atoms. The minimum absolute atomic E-state index is 0.0290. The second-order valence-corrected chi connectivity index (χ2v) is 5.44. The normalized spacial score (nSPS) is 12.8. The van der Waals surface area contributed by atoms with Gasteiger partial charge in [0.2, 0.25) is 0 Å². The van der Waals surface area contributed by atoms with Crippen molar-refractivity contribution in [2.75, 3.05) is 6.61 Å². The Hall–Kier alpha value is -1.37. The molecule has 114 valence electrons. The molecule has 2 aromatic rings. The molecule has 0 fully saturated rings. The molecule has 1 heterocycles. The standard InChI is InChI=1S/C15H17F2NO2S/c16-15(17)21-10-13-7-6-12(20-13)8-18-14(9-19)11-4-2-1-3-5-11/h1-7,14-15,18-19H,8-10H2/t14-/m0/s1. The SMILES string of the molecule is OC[C@H](NCc1ccc(CSC(F)F)o1)c1ccccc1. The first-order valence-corrected chi connectivity index (χ1v) is 7.60. The van der Waals surface area contributed by atoms with Gasteiger partial charge in [0.15, 0.2) is 0 Å². The molecule has 0 unspecified atom stereocenters. The largest absolute Gasteiger partial charge is 0.464 e. The van der Waals surface area contributed by atoms with Crippen molar-refractivity contribution in [2.24, 2.45) is 0 Å². The quantitative estimate of drug-likeness (QED) is 0.782. The Bertz CT molecular complexity index is 533. The van der Waals surface area contributed by atoms with Crippen LogP contribution in [0.2, 0.25) is 0 Å². The number of benzene rings is 1. The molecule has 2 N–H and O–H groups in total. The Morgan fingerprint density at radius 3 is 2.48 bits per heavy atom. The van der Waals surface area contributed by atoms with E-state index in [-0.39, 0.29) is 18.4 Å². The summed E-state index contributed by atoms with van der Waals surface area (Å²) < 4.78 is 29.7. The lowest BCUT2D eigenvalue weighted by atomic mass is 10.1. The number of aliphatic hydroxyl groups is 1. The molecule has 0 amide bonds. The molecule has 0 saturated heterocycles. The third-order valence-corrected chi connectivity index (χ3v) is 3.68. The van der Waals surface area contributed by atoms with E-state index in [4.69, 9.17) is 4.42 Å². The second-order valence-electron chi connectivity index (χ2n) is 4.47. The van der Waals surface area contributed by atoms with Gasteiger partial charge in [-0.3, -0.25) is 0 Å². The number of rotatable bonds is 8. The fraction of sp³-hybridized carbons (Fsp3) is 0.333. The lowest BCUT2D eigenvalue weighted by molar-refractivity contribution is 0.240. The predicted octanol–water partition coefficient (Wildman–Crippen LogP) is 3.56. The molecule has 0 spiro atoms. The minimum Gasteiger partial charge on any atom is -0.464 e. The predicted molar refractivity (Wildman–Crippen MR) is 79.1 cm³/mol. The molecule has 0 aliphatic heterocycles. The monoisotopic (exact) mass is 313 g/mol. The summed E-state index contributed by atoms with van der Waals surface area (Å²) in [6.45, 7) is 0.401. The van der Waals surface area contributed by atoms with Crippen LogP contribution >= 0.6 is 11.8 Å². The maximum Gasteiger partial charge on any atom is 0.284 e. The number of hydrogen-bond acceptors (Lipinski definition) is 4. The van der Waals surface area contributed by atoms with Crippen molar-refractivity contribution in [3.8, 4) is 0 Å². The maximum atomic E-state index is 12.1. The maximum absolute atomic E-state index is 12.1. The molecule has 3 nitrogen and oxygen atoms in total. The third kappa shape index (κ3) is 5.15. The van der Waals surface area contributed by atoms with Gasteiger partial charge in [-0.1, -0.05) is 42.1 Å². The second kappa shape index (κ2) is 8.17. The Labute approximate surface area is 126 Å². The van der Waals surface area contributed by atoms with E-state index in [1.807, 2.05) is 30.3 Å². The van der Waals surface area contributed by atoms with E-state index in [1.165, 1.54) is 0 Å². The highest BCUT2D eigenvalue weighted by molar-refractivity contribution is 7.98. The van der Waals surface area contributed by atoms with Gasteiger partial charge in [-0.15, -0.1) is 0 Å². The minimum atomic E-state index is -2.39. The first-order chi connectivity index (χ1) is 10.2. The Morgan fingerprint density at radius 1 is 1.10 bits per heavy atom. The summed E-state index contributed by atoms with van der Waals surface area (Å²) in [5, 5.41) is 12.6. The van der Waals surface area contributed by atoms with Crippen LogP contribution in [0.3, 0.4) is 0 Å². The van der Waals surface area contributed by atoms with Crippen LogP contribution in [0.25, 0.3) is 0 Å². The molecule has 1 aromatic heterocycles. The first-order valence-electron chi connectivity index (χ1n) is 6.55. The van der Waals surface area contributed by atoms with Crippen molar-refractivity contribution in [3.63, 3.8) is 0 Å². The van der Waals surface area contributed by atoms with E-state index < -0.39 is 5.76 Å². The summed E-state index contributed by atoms with van der Waals surface area (Å²) in [5.74, 6) is -1.06. The lowest BCUT2D eigenvalue weighted by Crippen LogP contribution is -2.23.